The van der Waals surface area contributed by atoms with Gasteiger partial charge >= 0.3 is 5.97 Å². The Labute approximate surface area is 106 Å². The fourth-order valence-electron chi connectivity index (χ4n) is 1.46. The molecule has 0 aromatic heterocycles. The van der Waals surface area contributed by atoms with Crippen LogP contribution in [0.1, 0.15) is 12.8 Å². The highest BCUT2D eigenvalue weighted by Crippen LogP contribution is 2.04. The molecule has 2 N–H and O–H groups in total. The second kappa shape index (κ2) is 6.12. The minimum absolute atomic E-state index is 0.0181. The zero-order valence-corrected chi connectivity index (χ0v) is 11.1. The van der Waals surface area contributed by atoms with E-state index in [1.165, 1.54) is 14.2 Å². The average molecular weight is 279 g/mol. The van der Waals surface area contributed by atoms with Crippen LogP contribution in [0.5, 0.6) is 0 Å². The smallest absolute Gasteiger partial charge is 0.306 e. The maximum Gasteiger partial charge on any atom is 0.306 e. The zero-order valence-electron chi connectivity index (χ0n) is 10.3. The van der Waals surface area contributed by atoms with Gasteiger partial charge in [0.15, 0.2) is 0 Å². The molecule has 0 radical (unpaired) electrons. The summed E-state index contributed by atoms with van der Waals surface area (Å²) >= 11 is 0. The van der Waals surface area contributed by atoms with E-state index in [0.717, 1.165) is 4.31 Å². The van der Waals surface area contributed by atoms with Gasteiger partial charge < -0.3 is 10.1 Å². The number of nitrogens with one attached hydrogen (secondary N) is 2. The highest BCUT2D eigenvalue weighted by molar-refractivity contribution is 7.87. The molecule has 104 valence electrons. The molecule has 0 aromatic rings. The predicted molar refractivity (Wildman–Crippen MR) is 62.7 cm³/mol. The molecule has 18 heavy (non-hydrogen) atoms. The Hall–Kier alpha value is -1.19. The maximum atomic E-state index is 11.8. The summed E-state index contributed by atoms with van der Waals surface area (Å²) in [7, 11) is -1.09. The fourth-order valence-corrected chi connectivity index (χ4v) is 2.56. The number of rotatable bonds is 6. The van der Waals surface area contributed by atoms with E-state index >= 15 is 0 Å². The van der Waals surface area contributed by atoms with Crippen LogP contribution < -0.4 is 10.0 Å². The first-order valence-electron chi connectivity index (χ1n) is 5.42. The van der Waals surface area contributed by atoms with Crippen LogP contribution in [-0.2, 0) is 24.5 Å². The highest BCUT2D eigenvalue weighted by Gasteiger charge is 2.28. The van der Waals surface area contributed by atoms with Gasteiger partial charge in [0.2, 0.25) is 5.91 Å². The lowest BCUT2D eigenvalue weighted by Gasteiger charge is -2.19. The second-order valence-corrected chi connectivity index (χ2v) is 5.78. The Balaban J connectivity index is 2.47. The summed E-state index contributed by atoms with van der Waals surface area (Å²) in [5, 5.41) is 2.53. The first kappa shape index (κ1) is 14.9. The van der Waals surface area contributed by atoms with Crippen LogP contribution in [-0.4, -0.2) is 57.9 Å². The first-order chi connectivity index (χ1) is 8.35. The second-order valence-electron chi connectivity index (χ2n) is 3.98. The highest BCUT2D eigenvalue weighted by atomic mass is 32.2. The number of carbonyl (C=O) groups excluding carboxylic acids is 2. The summed E-state index contributed by atoms with van der Waals surface area (Å²) in [5.74, 6) is -0.658. The van der Waals surface area contributed by atoms with Gasteiger partial charge in [-0.15, -0.1) is 0 Å². The summed E-state index contributed by atoms with van der Waals surface area (Å²) in [4.78, 5) is 21.9. The standard InChI is InChI=1S/C9H17N3O5S/c1-12(4-3-9(14)17-2)18(15,16)11-7-5-8(13)10-6-7/h7,11H,3-6H2,1-2H3,(H,10,13). The van der Waals surface area contributed by atoms with Gasteiger partial charge in [0.1, 0.15) is 0 Å². The van der Waals surface area contributed by atoms with Crippen molar-refractivity contribution < 1.29 is 22.7 Å². The van der Waals surface area contributed by atoms with Crippen molar-refractivity contribution in [2.24, 2.45) is 0 Å². The molecule has 0 saturated carbocycles. The number of hydrogen-bond acceptors (Lipinski definition) is 5. The monoisotopic (exact) mass is 279 g/mol. The van der Waals surface area contributed by atoms with E-state index in [0.29, 0.717) is 0 Å². The van der Waals surface area contributed by atoms with Crippen molar-refractivity contribution in [3.8, 4) is 0 Å². The summed E-state index contributed by atoms with van der Waals surface area (Å²) in [5.41, 5.74) is 0. The van der Waals surface area contributed by atoms with Crippen molar-refractivity contribution in [2.75, 3.05) is 27.2 Å². The van der Waals surface area contributed by atoms with E-state index in [4.69, 9.17) is 0 Å². The summed E-state index contributed by atoms with van der Waals surface area (Å²) < 4.78 is 31.5. The lowest BCUT2D eigenvalue weighted by Crippen LogP contribution is -2.45. The van der Waals surface area contributed by atoms with E-state index in [2.05, 4.69) is 14.8 Å². The molecular weight excluding hydrogens is 262 g/mol. The quantitative estimate of drug-likeness (QED) is 0.558. The van der Waals surface area contributed by atoms with Crippen molar-refractivity contribution in [3.05, 3.63) is 0 Å². The molecule has 1 atom stereocenters. The number of carbonyl (C=O) groups is 2. The molecule has 1 amide bonds. The van der Waals surface area contributed by atoms with Gasteiger partial charge in [-0.2, -0.15) is 17.4 Å². The SMILES string of the molecule is COC(=O)CCN(C)S(=O)(=O)NC1CNC(=O)C1. The minimum atomic E-state index is -3.69. The largest absolute Gasteiger partial charge is 0.469 e. The van der Waals surface area contributed by atoms with Gasteiger partial charge in [0, 0.05) is 32.6 Å². The van der Waals surface area contributed by atoms with Gasteiger partial charge in [-0.25, -0.2) is 0 Å². The molecule has 8 nitrogen and oxygen atoms in total. The minimum Gasteiger partial charge on any atom is -0.469 e. The van der Waals surface area contributed by atoms with Crippen LogP contribution in [0.4, 0.5) is 0 Å². The van der Waals surface area contributed by atoms with Crippen LogP contribution in [0, 0.1) is 0 Å². The Bertz CT molecular complexity index is 422. The van der Waals surface area contributed by atoms with Crippen LogP contribution in [0.3, 0.4) is 0 Å². The van der Waals surface area contributed by atoms with Crippen LogP contribution in [0.15, 0.2) is 0 Å². The van der Waals surface area contributed by atoms with Crippen molar-refractivity contribution in [1.29, 1.82) is 0 Å². The molecule has 1 saturated heterocycles. The molecule has 1 aliphatic heterocycles. The van der Waals surface area contributed by atoms with E-state index in [1.54, 1.807) is 0 Å². The van der Waals surface area contributed by atoms with Crippen molar-refractivity contribution in [3.63, 3.8) is 0 Å². The number of esters is 1. The van der Waals surface area contributed by atoms with Crippen molar-refractivity contribution in [2.45, 2.75) is 18.9 Å². The van der Waals surface area contributed by atoms with Crippen molar-refractivity contribution in [1.82, 2.24) is 14.3 Å². The molecule has 0 bridgehead atoms. The third kappa shape index (κ3) is 4.24. The van der Waals surface area contributed by atoms with Crippen LogP contribution in [0.2, 0.25) is 0 Å². The summed E-state index contributed by atoms with van der Waals surface area (Å²) in [6.07, 6.45) is 0.111. The Morgan fingerprint density at radius 1 is 1.61 bits per heavy atom. The number of hydrogen-bond donors (Lipinski definition) is 2. The number of methoxy groups -OCH3 is 1. The Kier molecular flexibility index (Phi) is 5.05. The molecule has 9 heteroatoms. The van der Waals surface area contributed by atoms with Crippen LogP contribution >= 0.6 is 0 Å². The van der Waals surface area contributed by atoms with E-state index in [9.17, 15) is 18.0 Å². The summed E-state index contributed by atoms with van der Waals surface area (Å²) in [6.45, 7) is 0.305. The molecule has 0 aliphatic carbocycles. The van der Waals surface area contributed by atoms with E-state index in [1.807, 2.05) is 0 Å². The van der Waals surface area contributed by atoms with Gasteiger partial charge in [-0.3, -0.25) is 9.59 Å². The number of nitrogens with zero attached hydrogens (tertiary/aromatic N) is 1. The van der Waals surface area contributed by atoms with E-state index < -0.39 is 22.2 Å². The molecular formula is C9H17N3O5S. The van der Waals surface area contributed by atoms with Gasteiger partial charge in [0.25, 0.3) is 10.2 Å². The van der Waals surface area contributed by atoms with Crippen molar-refractivity contribution >= 4 is 22.1 Å². The molecule has 1 unspecified atom stereocenters. The lowest BCUT2D eigenvalue weighted by molar-refractivity contribution is -0.140. The predicted octanol–water partition coefficient (Wildman–Crippen LogP) is -1.80. The van der Waals surface area contributed by atoms with Crippen LogP contribution in [0.25, 0.3) is 0 Å². The first-order valence-corrected chi connectivity index (χ1v) is 6.86. The Morgan fingerprint density at radius 3 is 2.78 bits per heavy atom. The number of ether oxygens (including phenoxy) is 1. The lowest BCUT2D eigenvalue weighted by atomic mass is 10.3. The Morgan fingerprint density at radius 2 is 2.28 bits per heavy atom. The topological polar surface area (TPSA) is 105 Å². The molecule has 0 spiro atoms. The van der Waals surface area contributed by atoms with Gasteiger partial charge in [0.05, 0.1) is 13.5 Å². The zero-order chi connectivity index (χ0) is 13.8. The maximum absolute atomic E-state index is 11.8. The van der Waals surface area contributed by atoms with Gasteiger partial charge in [-0.05, 0) is 0 Å². The third-order valence-electron chi connectivity index (χ3n) is 2.56. The summed E-state index contributed by atoms with van der Waals surface area (Å²) in [6, 6.07) is -0.442. The van der Waals surface area contributed by atoms with Gasteiger partial charge in [-0.1, -0.05) is 0 Å². The van der Waals surface area contributed by atoms with E-state index in [-0.39, 0.29) is 31.8 Å². The molecule has 0 aromatic carbocycles. The number of amides is 1. The fraction of sp³-hybridized carbons (Fsp3) is 0.778. The third-order valence-corrected chi connectivity index (χ3v) is 4.20. The normalized spacial score (nSPS) is 19.9. The molecule has 1 fully saturated rings. The molecule has 1 aliphatic rings. The molecule has 1 heterocycles. The molecule has 1 rings (SSSR count). The average Bonchev–Trinajstić information content (AvgIpc) is 2.70.